The molecule has 1 fully saturated rings. The Morgan fingerprint density at radius 2 is 2.00 bits per heavy atom. The van der Waals surface area contributed by atoms with Crippen LogP contribution in [-0.4, -0.2) is 37.7 Å². The molecule has 2 aromatic heterocycles. The van der Waals surface area contributed by atoms with Gasteiger partial charge in [-0.3, -0.25) is 9.48 Å². The minimum Gasteiger partial charge on any atom is -0.346 e. The van der Waals surface area contributed by atoms with E-state index in [4.69, 9.17) is 5.73 Å². The van der Waals surface area contributed by atoms with Gasteiger partial charge in [0.25, 0.3) is 5.91 Å². The number of hydrogen-bond donors (Lipinski definition) is 3. The number of carbonyl (C=O) groups excluding carboxylic acids is 1. The van der Waals surface area contributed by atoms with Crippen molar-refractivity contribution in [3.63, 3.8) is 0 Å². The Labute approximate surface area is 175 Å². The average molecular weight is 406 g/mol. The molecule has 4 rings (SSSR count). The standard InChI is InChI=1S/C22H27N7O/c1-14-6-5-7-15(12-14)25-22-24-11-10-18(27-22)19-13-20(29(2)28-19)21(30)26-17-9-4-3-8-16(17)23/h5-7,10-13,16-17H,3-4,8-9,23H2,1-2H3,(H,26,30)(H,24,25,27)/t16-,17-/m0/s1. The van der Waals surface area contributed by atoms with Gasteiger partial charge < -0.3 is 16.4 Å². The molecule has 8 heteroatoms. The van der Waals surface area contributed by atoms with Crippen LogP contribution in [0.4, 0.5) is 11.6 Å². The minimum atomic E-state index is -0.161. The molecule has 0 spiro atoms. The highest BCUT2D eigenvalue weighted by molar-refractivity contribution is 5.93. The highest BCUT2D eigenvalue weighted by Crippen LogP contribution is 2.21. The first-order valence-corrected chi connectivity index (χ1v) is 10.3. The van der Waals surface area contributed by atoms with Crippen molar-refractivity contribution >= 4 is 17.5 Å². The number of hydrogen-bond acceptors (Lipinski definition) is 6. The number of nitrogens with two attached hydrogens (primary N) is 1. The van der Waals surface area contributed by atoms with Crippen LogP contribution in [0.15, 0.2) is 42.6 Å². The SMILES string of the molecule is Cc1cccc(Nc2nccc(-c3cc(C(=O)N[C@H]4CCCC[C@@H]4N)n(C)n3)n2)c1. The molecule has 1 aromatic carbocycles. The number of nitrogens with zero attached hydrogens (tertiary/aromatic N) is 4. The first kappa shape index (κ1) is 20.0. The number of carbonyl (C=O) groups is 1. The Balaban J connectivity index is 1.52. The molecule has 1 amide bonds. The van der Waals surface area contributed by atoms with Gasteiger partial charge in [0.2, 0.25) is 5.95 Å². The molecular formula is C22H27N7O. The number of aromatic nitrogens is 4. The van der Waals surface area contributed by atoms with Crippen LogP contribution in [0.25, 0.3) is 11.4 Å². The summed E-state index contributed by atoms with van der Waals surface area (Å²) in [5.74, 6) is 0.314. The molecule has 3 aromatic rings. The molecule has 156 valence electrons. The summed E-state index contributed by atoms with van der Waals surface area (Å²) in [5.41, 5.74) is 9.97. The van der Waals surface area contributed by atoms with E-state index >= 15 is 0 Å². The normalized spacial score (nSPS) is 18.8. The van der Waals surface area contributed by atoms with Crippen molar-refractivity contribution in [2.45, 2.75) is 44.7 Å². The van der Waals surface area contributed by atoms with Crippen LogP contribution in [-0.2, 0) is 7.05 Å². The van der Waals surface area contributed by atoms with E-state index in [-0.39, 0.29) is 18.0 Å². The van der Waals surface area contributed by atoms with Crippen LogP contribution in [0.2, 0.25) is 0 Å². The lowest BCUT2D eigenvalue weighted by Crippen LogP contribution is -2.49. The second-order valence-corrected chi connectivity index (χ2v) is 7.83. The molecule has 2 heterocycles. The fraction of sp³-hybridized carbons (Fsp3) is 0.364. The van der Waals surface area contributed by atoms with Crippen molar-refractivity contribution < 1.29 is 4.79 Å². The Kier molecular flexibility index (Phi) is 5.76. The molecule has 8 nitrogen and oxygen atoms in total. The molecule has 0 aliphatic heterocycles. The van der Waals surface area contributed by atoms with E-state index in [2.05, 4.69) is 25.7 Å². The summed E-state index contributed by atoms with van der Waals surface area (Å²) in [6, 6.07) is 11.5. The van der Waals surface area contributed by atoms with E-state index < -0.39 is 0 Å². The van der Waals surface area contributed by atoms with Gasteiger partial charge in [-0.2, -0.15) is 5.10 Å². The third-order valence-corrected chi connectivity index (χ3v) is 5.44. The minimum absolute atomic E-state index is 0.00696. The first-order chi connectivity index (χ1) is 14.5. The molecule has 2 atom stereocenters. The molecule has 4 N–H and O–H groups in total. The van der Waals surface area contributed by atoms with Crippen molar-refractivity contribution in [3.8, 4) is 11.4 Å². The third kappa shape index (κ3) is 4.49. The molecule has 0 saturated heterocycles. The Hall–Kier alpha value is -3.26. The van der Waals surface area contributed by atoms with E-state index in [0.29, 0.717) is 23.0 Å². The Morgan fingerprint density at radius 3 is 2.80 bits per heavy atom. The van der Waals surface area contributed by atoms with Gasteiger partial charge in [0.1, 0.15) is 11.4 Å². The maximum atomic E-state index is 12.8. The van der Waals surface area contributed by atoms with Crippen LogP contribution >= 0.6 is 0 Å². The number of anilines is 2. The van der Waals surface area contributed by atoms with Crippen LogP contribution in [0.5, 0.6) is 0 Å². The van der Waals surface area contributed by atoms with Gasteiger partial charge in [-0.1, -0.05) is 25.0 Å². The predicted molar refractivity (Wildman–Crippen MR) is 116 cm³/mol. The van der Waals surface area contributed by atoms with Crippen LogP contribution in [0.3, 0.4) is 0 Å². The summed E-state index contributed by atoms with van der Waals surface area (Å²) in [5, 5.41) is 10.8. The molecule has 0 bridgehead atoms. The summed E-state index contributed by atoms with van der Waals surface area (Å²) < 4.78 is 1.58. The number of benzene rings is 1. The van der Waals surface area contributed by atoms with Gasteiger partial charge in [0, 0.05) is 31.0 Å². The first-order valence-electron chi connectivity index (χ1n) is 10.3. The zero-order valence-electron chi connectivity index (χ0n) is 17.3. The van der Waals surface area contributed by atoms with E-state index in [0.717, 1.165) is 36.9 Å². The second kappa shape index (κ2) is 8.62. The van der Waals surface area contributed by atoms with E-state index in [1.54, 1.807) is 30.1 Å². The average Bonchev–Trinajstić information content (AvgIpc) is 3.12. The van der Waals surface area contributed by atoms with Crippen LogP contribution in [0.1, 0.15) is 41.7 Å². The van der Waals surface area contributed by atoms with E-state index in [1.807, 2.05) is 31.2 Å². The lowest BCUT2D eigenvalue weighted by Gasteiger charge is -2.29. The van der Waals surface area contributed by atoms with Crippen molar-refractivity contribution in [3.05, 3.63) is 53.9 Å². The van der Waals surface area contributed by atoms with Gasteiger partial charge in [0.15, 0.2) is 0 Å². The number of aryl methyl sites for hydroxylation is 2. The van der Waals surface area contributed by atoms with Gasteiger partial charge in [-0.15, -0.1) is 0 Å². The lowest BCUT2D eigenvalue weighted by molar-refractivity contribution is 0.0911. The topological polar surface area (TPSA) is 111 Å². The van der Waals surface area contributed by atoms with Gasteiger partial charge in [-0.05, 0) is 49.6 Å². The smallest absolute Gasteiger partial charge is 0.269 e. The monoisotopic (exact) mass is 405 g/mol. The van der Waals surface area contributed by atoms with Crippen molar-refractivity contribution in [2.24, 2.45) is 12.8 Å². The number of nitrogens with one attached hydrogen (secondary N) is 2. The van der Waals surface area contributed by atoms with Crippen molar-refractivity contribution in [2.75, 3.05) is 5.32 Å². The Morgan fingerprint density at radius 1 is 1.17 bits per heavy atom. The van der Waals surface area contributed by atoms with Gasteiger partial charge in [-0.25, -0.2) is 9.97 Å². The molecule has 1 aliphatic carbocycles. The summed E-state index contributed by atoms with van der Waals surface area (Å²) in [4.78, 5) is 21.6. The van der Waals surface area contributed by atoms with Gasteiger partial charge in [0.05, 0.1) is 5.69 Å². The van der Waals surface area contributed by atoms with Crippen LogP contribution in [0, 0.1) is 6.92 Å². The predicted octanol–water partition coefficient (Wildman–Crippen LogP) is 2.93. The molecule has 30 heavy (non-hydrogen) atoms. The fourth-order valence-electron chi connectivity index (χ4n) is 3.80. The maximum absolute atomic E-state index is 12.8. The largest absolute Gasteiger partial charge is 0.346 e. The molecule has 0 radical (unpaired) electrons. The zero-order chi connectivity index (χ0) is 21.1. The lowest BCUT2D eigenvalue weighted by atomic mass is 9.91. The quantitative estimate of drug-likeness (QED) is 0.602. The summed E-state index contributed by atoms with van der Waals surface area (Å²) in [7, 11) is 1.76. The fourth-order valence-corrected chi connectivity index (χ4v) is 3.80. The van der Waals surface area contributed by atoms with Crippen molar-refractivity contribution in [1.29, 1.82) is 0 Å². The van der Waals surface area contributed by atoms with Gasteiger partial charge >= 0.3 is 0 Å². The van der Waals surface area contributed by atoms with Crippen molar-refractivity contribution in [1.82, 2.24) is 25.1 Å². The van der Waals surface area contributed by atoms with E-state index in [9.17, 15) is 4.79 Å². The summed E-state index contributed by atoms with van der Waals surface area (Å²) in [6.45, 7) is 2.03. The highest BCUT2D eigenvalue weighted by atomic mass is 16.2. The highest BCUT2D eigenvalue weighted by Gasteiger charge is 2.25. The Bertz CT molecular complexity index is 1050. The third-order valence-electron chi connectivity index (χ3n) is 5.44. The molecule has 1 saturated carbocycles. The molecule has 1 aliphatic rings. The maximum Gasteiger partial charge on any atom is 0.269 e. The molecule has 0 unspecified atom stereocenters. The van der Waals surface area contributed by atoms with Crippen LogP contribution < -0.4 is 16.4 Å². The number of amides is 1. The van der Waals surface area contributed by atoms with E-state index in [1.165, 1.54) is 0 Å². The number of rotatable bonds is 5. The zero-order valence-corrected chi connectivity index (χ0v) is 17.3. The molecular weight excluding hydrogens is 378 g/mol. The summed E-state index contributed by atoms with van der Waals surface area (Å²) >= 11 is 0. The summed E-state index contributed by atoms with van der Waals surface area (Å²) in [6.07, 6.45) is 5.75. The second-order valence-electron chi connectivity index (χ2n) is 7.83.